The molecule has 1 atom stereocenters. The smallest absolute Gasteiger partial charge is 0.253 e. The first-order chi connectivity index (χ1) is 14.2. The second-order valence-corrected chi connectivity index (χ2v) is 9.80. The van der Waals surface area contributed by atoms with Crippen LogP contribution in [0.5, 0.6) is 0 Å². The van der Waals surface area contributed by atoms with Crippen LogP contribution in [-0.4, -0.2) is 86.2 Å². The Morgan fingerprint density at radius 3 is 2.27 bits per heavy atom. The van der Waals surface area contributed by atoms with Crippen LogP contribution >= 0.6 is 0 Å². The number of nitriles is 1. The van der Waals surface area contributed by atoms with Crippen LogP contribution in [0.3, 0.4) is 0 Å². The number of hydrogen-bond donors (Lipinski definition) is 1. The van der Waals surface area contributed by atoms with Crippen molar-refractivity contribution in [1.29, 1.82) is 5.26 Å². The van der Waals surface area contributed by atoms with Crippen LogP contribution in [0.4, 0.5) is 0 Å². The molecule has 1 aromatic carbocycles. The van der Waals surface area contributed by atoms with E-state index in [0.717, 1.165) is 4.31 Å². The van der Waals surface area contributed by atoms with Crippen LogP contribution < -0.4 is 5.32 Å². The number of nitrogens with zero attached hydrogens (tertiary/aromatic N) is 4. The summed E-state index contributed by atoms with van der Waals surface area (Å²) in [5.74, 6) is -0.265. The highest BCUT2D eigenvalue weighted by atomic mass is 32.2. The summed E-state index contributed by atoms with van der Waals surface area (Å²) in [6.45, 7) is 6.63. The van der Waals surface area contributed by atoms with Crippen molar-refractivity contribution >= 4 is 21.8 Å². The van der Waals surface area contributed by atoms with Gasteiger partial charge in [0.15, 0.2) is 0 Å². The Morgan fingerprint density at radius 2 is 1.73 bits per heavy atom. The minimum Gasteiger partial charge on any atom is -0.354 e. The molecule has 9 nitrogen and oxygen atoms in total. The highest BCUT2D eigenvalue weighted by molar-refractivity contribution is 7.89. The molecule has 1 unspecified atom stereocenters. The monoisotopic (exact) mass is 433 g/mol. The number of sulfonamides is 1. The number of amides is 2. The third kappa shape index (κ3) is 4.64. The molecular formula is C20H27N5O4S. The van der Waals surface area contributed by atoms with Gasteiger partial charge in [-0.15, -0.1) is 0 Å². The van der Waals surface area contributed by atoms with Gasteiger partial charge < -0.3 is 10.2 Å². The van der Waals surface area contributed by atoms with Gasteiger partial charge in [-0.3, -0.25) is 14.5 Å². The molecule has 162 valence electrons. The summed E-state index contributed by atoms with van der Waals surface area (Å²) < 4.78 is 26.6. The number of nitrogens with one attached hydrogen (secondary N) is 1. The van der Waals surface area contributed by atoms with Crippen molar-refractivity contribution in [2.24, 2.45) is 5.92 Å². The van der Waals surface area contributed by atoms with Crippen molar-refractivity contribution in [3.8, 4) is 6.07 Å². The summed E-state index contributed by atoms with van der Waals surface area (Å²) in [5, 5.41) is 12.0. The molecule has 2 fully saturated rings. The van der Waals surface area contributed by atoms with Gasteiger partial charge in [0.05, 0.1) is 17.5 Å². The molecule has 1 aromatic rings. The second-order valence-electron chi connectivity index (χ2n) is 7.86. The molecule has 10 heteroatoms. The average molecular weight is 434 g/mol. The number of hydrogen-bond acceptors (Lipinski definition) is 6. The van der Waals surface area contributed by atoms with Crippen molar-refractivity contribution in [3.63, 3.8) is 0 Å². The maximum atomic E-state index is 12.8. The molecule has 0 aromatic heterocycles. The Kier molecular flexibility index (Phi) is 6.75. The fourth-order valence-electron chi connectivity index (χ4n) is 3.78. The molecule has 0 bridgehead atoms. The van der Waals surface area contributed by atoms with Crippen molar-refractivity contribution in [2.45, 2.75) is 24.8 Å². The Balaban J connectivity index is 1.65. The molecule has 2 heterocycles. The minimum atomic E-state index is -3.78. The number of rotatable bonds is 5. The quantitative estimate of drug-likeness (QED) is 0.705. The Hall–Kier alpha value is -2.48. The van der Waals surface area contributed by atoms with Crippen LogP contribution in [0, 0.1) is 17.2 Å². The number of carbonyl (C=O) groups is 2. The van der Waals surface area contributed by atoms with Crippen LogP contribution in [0.15, 0.2) is 29.2 Å². The van der Waals surface area contributed by atoms with E-state index < -0.39 is 10.0 Å². The van der Waals surface area contributed by atoms with Gasteiger partial charge in [0.2, 0.25) is 15.9 Å². The highest BCUT2D eigenvalue weighted by Crippen LogP contribution is 2.19. The van der Waals surface area contributed by atoms with Gasteiger partial charge in [0.1, 0.15) is 6.04 Å². The average Bonchev–Trinajstić information content (AvgIpc) is 2.74. The zero-order chi connectivity index (χ0) is 21.9. The summed E-state index contributed by atoms with van der Waals surface area (Å²) in [7, 11) is -3.78. The lowest BCUT2D eigenvalue weighted by Gasteiger charge is -2.38. The van der Waals surface area contributed by atoms with E-state index in [1.807, 2.05) is 13.8 Å². The Labute approximate surface area is 177 Å². The van der Waals surface area contributed by atoms with Crippen LogP contribution in [0.2, 0.25) is 0 Å². The maximum absolute atomic E-state index is 12.8. The topological polar surface area (TPSA) is 114 Å². The Morgan fingerprint density at radius 1 is 1.10 bits per heavy atom. The molecule has 3 rings (SSSR count). The standard InChI is InChI=1S/C20H27N5O4S/c1-15(2)18(13-21)23-9-11-24(12-10-23)20(27)16-3-5-17(6-4-16)30(28,29)25-8-7-22-19(26)14-25/h3-6,15,18H,7-12,14H2,1-2H3,(H,22,26). The van der Waals surface area contributed by atoms with Crippen molar-refractivity contribution in [3.05, 3.63) is 29.8 Å². The largest absolute Gasteiger partial charge is 0.354 e. The molecule has 0 saturated carbocycles. The molecule has 1 N–H and O–H groups in total. The fourth-order valence-corrected chi connectivity index (χ4v) is 5.17. The van der Waals surface area contributed by atoms with E-state index in [1.54, 1.807) is 4.90 Å². The lowest BCUT2D eigenvalue weighted by atomic mass is 10.0. The molecule has 0 aliphatic carbocycles. The molecule has 2 aliphatic heterocycles. The lowest BCUT2D eigenvalue weighted by molar-refractivity contribution is -0.122. The van der Waals surface area contributed by atoms with E-state index in [0.29, 0.717) is 31.7 Å². The van der Waals surface area contributed by atoms with E-state index in [9.17, 15) is 23.3 Å². The molecular weight excluding hydrogens is 406 g/mol. The maximum Gasteiger partial charge on any atom is 0.253 e. The van der Waals surface area contributed by atoms with Gasteiger partial charge >= 0.3 is 0 Å². The summed E-state index contributed by atoms with van der Waals surface area (Å²) >= 11 is 0. The van der Waals surface area contributed by atoms with Crippen LogP contribution in [0.1, 0.15) is 24.2 Å². The Bertz CT molecular complexity index is 931. The molecule has 2 aliphatic rings. The highest BCUT2D eigenvalue weighted by Gasteiger charge is 2.30. The van der Waals surface area contributed by atoms with E-state index >= 15 is 0 Å². The lowest BCUT2D eigenvalue weighted by Crippen LogP contribution is -2.52. The van der Waals surface area contributed by atoms with E-state index in [2.05, 4.69) is 16.3 Å². The first-order valence-corrected chi connectivity index (χ1v) is 11.5. The van der Waals surface area contributed by atoms with Crippen molar-refractivity contribution < 1.29 is 18.0 Å². The first kappa shape index (κ1) is 22.2. The summed E-state index contributed by atoms with van der Waals surface area (Å²) in [6, 6.07) is 8.02. The first-order valence-electron chi connectivity index (χ1n) is 10.0. The SMILES string of the molecule is CC(C)C(C#N)N1CCN(C(=O)c2ccc(S(=O)(=O)N3CCNC(=O)C3)cc2)CC1. The molecule has 2 saturated heterocycles. The van der Waals surface area contributed by atoms with Crippen LogP contribution in [0.25, 0.3) is 0 Å². The predicted molar refractivity (Wildman–Crippen MR) is 110 cm³/mol. The second kappa shape index (κ2) is 9.12. The minimum absolute atomic E-state index is 0.0624. The zero-order valence-electron chi connectivity index (χ0n) is 17.2. The molecule has 2 amide bonds. The number of benzene rings is 1. The fraction of sp³-hybridized carbons (Fsp3) is 0.550. The molecule has 30 heavy (non-hydrogen) atoms. The third-order valence-corrected chi connectivity index (χ3v) is 7.36. The van der Waals surface area contributed by atoms with Crippen molar-refractivity contribution in [1.82, 2.24) is 19.4 Å². The van der Waals surface area contributed by atoms with Gasteiger partial charge in [-0.05, 0) is 30.2 Å². The van der Waals surface area contributed by atoms with Gasteiger partial charge in [0.25, 0.3) is 5.91 Å². The number of piperazine rings is 2. The summed E-state index contributed by atoms with van der Waals surface area (Å²) in [6.07, 6.45) is 0. The van der Waals surface area contributed by atoms with E-state index in [-0.39, 0.29) is 48.3 Å². The normalized spacial score (nSPS) is 19.9. The molecule has 0 radical (unpaired) electrons. The van der Waals surface area contributed by atoms with Gasteiger partial charge in [0, 0.05) is 44.8 Å². The van der Waals surface area contributed by atoms with Crippen molar-refractivity contribution in [2.75, 3.05) is 45.8 Å². The summed E-state index contributed by atoms with van der Waals surface area (Å²) in [4.78, 5) is 28.2. The van der Waals surface area contributed by atoms with E-state index in [1.165, 1.54) is 24.3 Å². The predicted octanol–water partition coefficient (Wildman–Crippen LogP) is 0.113. The summed E-state index contributed by atoms with van der Waals surface area (Å²) in [5.41, 5.74) is 0.416. The van der Waals surface area contributed by atoms with E-state index in [4.69, 9.17) is 0 Å². The van der Waals surface area contributed by atoms with Gasteiger partial charge in [-0.25, -0.2) is 8.42 Å². The molecule has 0 spiro atoms. The zero-order valence-corrected chi connectivity index (χ0v) is 18.1. The van der Waals surface area contributed by atoms with Gasteiger partial charge in [-0.2, -0.15) is 9.57 Å². The van der Waals surface area contributed by atoms with Crippen LogP contribution in [-0.2, 0) is 14.8 Å². The third-order valence-electron chi connectivity index (χ3n) is 5.50. The number of carbonyl (C=O) groups excluding carboxylic acids is 2. The van der Waals surface area contributed by atoms with Gasteiger partial charge in [-0.1, -0.05) is 13.8 Å².